The van der Waals surface area contributed by atoms with E-state index in [2.05, 4.69) is 4.99 Å². The smallest absolute Gasteiger partial charge is 0.169 e. The number of halogens is 1. The number of sulfone groups is 1. The topological polar surface area (TPSA) is 91.0 Å². The molecule has 156 valence electrons. The summed E-state index contributed by atoms with van der Waals surface area (Å²) in [6, 6.07) is 9.62. The quantitative estimate of drug-likeness (QED) is 0.814. The van der Waals surface area contributed by atoms with Crippen LogP contribution in [0.2, 0.25) is 0 Å². The van der Waals surface area contributed by atoms with Crippen LogP contribution < -0.4 is 15.2 Å². The highest BCUT2D eigenvalue weighted by molar-refractivity contribution is 7.93. The predicted molar refractivity (Wildman–Crippen MR) is 111 cm³/mol. The van der Waals surface area contributed by atoms with E-state index in [1.165, 1.54) is 39.2 Å². The molecule has 0 radical (unpaired) electrons. The molecule has 2 aromatic carbocycles. The monoisotopic (exact) mass is 420 g/mol. The number of aliphatic imine (C=N–C) groups is 1. The molecule has 0 aromatic heterocycles. The lowest BCUT2D eigenvalue weighted by Crippen LogP contribution is -2.54. The Hall–Kier alpha value is -2.61. The van der Waals surface area contributed by atoms with Crippen molar-refractivity contribution in [3.63, 3.8) is 0 Å². The van der Waals surface area contributed by atoms with Crippen LogP contribution in [0.25, 0.3) is 0 Å². The van der Waals surface area contributed by atoms with Crippen molar-refractivity contribution in [1.82, 2.24) is 0 Å². The van der Waals surface area contributed by atoms with Crippen LogP contribution in [0.4, 0.5) is 4.39 Å². The third-order valence-corrected chi connectivity index (χ3v) is 8.00. The maximum atomic E-state index is 14.7. The summed E-state index contributed by atoms with van der Waals surface area (Å²) in [5, 5.41) is 0. The normalized spacial score (nSPS) is 22.6. The average molecular weight is 421 g/mol. The molecule has 1 aliphatic rings. The van der Waals surface area contributed by atoms with Gasteiger partial charge in [0, 0.05) is 5.56 Å². The van der Waals surface area contributed by atoms with E-state index in [0.717, 1.165) is 5.56 Å². The summed E-state index contributed by atoms with van der Waals surface area (Å²) < 4.78 is 50.2. The Kier molecular flexibility index (Phi) is 5.11. The van der Waals surface area contributed by atoms with E-state index in [1.54, 1.807) is 19.1 Å². The largest absolute Gasteiger partial charge is 0.493 e. The molecule has 0 bridgehead atoms. The van der Waals surface area contributed by atoms with Crippen molar-refractivity contribution >= 4 is 15.7 Å². The van der Waals surface area contributed by atoms with Gasteiger partial charge in [-0.3, -0.25) is 4.99 Å². The number of methoxy groups -OCH3 is 1. The molecule has 0 saturated heterocycles. The number of hydrogen-bond donors (Lipinski definition) is 1. The summed E-state index contributed by atoms with van der Waals surface area (Å²) in [6.07, 6.45) is 0. The Labute approximate surface area is 170 Å². The van der Waals surface area contributed by atoms with Gasteiger partial charge in [0.15, 0.2) is 21.3 Å². The van der Waals surface area contributed by atoms with Crippen molar-refractivity contribution < 1.29 is 22.3 Å². The number of aryl methyl sites for hydroxylation is 1. The van der Waals surface area contributed by atoms with E-state index in [1.807, 2.05) is 13.0 Å². The van der Waals surface area contributed by atoms with Crippen molar-refractivity contribution in [3.8, 4) is 17.2 Å². The first-order chi connectivity index (χ1) is 13.4. The van der Waals surface area contributed by atoms with Crippen molar-refractivity contribution in [2.75, 3.05) is 12.9 Å². The maximum absolute atomic E-state index is 14.7. The predicted octanol–water partition coefficient (Wildman–Crippen LogP) is 3.71. The Morgan fingerprint density at radius 3 is 2.41 bits per heavy atom. The minimum atomic E-state index is -3.65. The molecule has 0 amide bonds. The van der Waals surface area contributed by atoms with Crippen LogP contribution in [0.1, 0.15) is 31.9 Å². The van der Waals surface area contributed by atoms with E-state index < -0.39 is 25.9 Å². The van der Waals surface area contributed by atoms with Crippen LogP contribution in [-0.2, 0) is 15.4 Å². The Morgan fingerprint density at radius 2 is 1.79 bits per heavy atom. The number of benzene rings is 2. The standard InChI is InChI=1S/C21H25FN2O4S/c1-13-6-9-17(27-5)18(10-13)28-14-7-8-16(22)15(11-14)21(4)12-29(25,26)20(2,3)19(23)24-21/h6-11H,12H2,1-5H3,(H2,23,24). The van der Waals surface area contributed by atoms with Crippen LogP contribution in [0.5, 0.6) is 17.2 Å². The van der Waals surface area contributed by atoms with Gasteiger partial charge in [0.25, 0.3) is 0 Å². The van der Waals surface area contributed by atoms with Crippen molar-refractivity contribution in [1.29, 1.82) is 0 Å². The van der Waals surface area contributed by atoms with Crippen LogP contribution in [-0.4, -0.2) is 31.9 Å². The molecule has 29 heavy (non-hydrogen) atoms. The minimum absolute atomic E-state index is 0.0441. The molecule has 0 saturated carbocycles. The summed E-state index contributed by atoms with van der Waals surface area (Å²) >= 11 is 0. The Balaban J connectivity index is 2.07. The van der Waals surface area contributed by atoms with Gasteiger partial charge in [-0.1, -0.05) is 6.07 Å². The third-order valence-electron chi connectivity index (χ3n) is 5.30. The number of nitrogens with zero attached hydrogens (tertiary/aromatic N) is 1. The summed E-state index contributed by atoms with van der Waals surface area (Å²) in [6.45, 7) is 6.47. The summed E-state index contributed by atoms with van der Waals surface area (Å²) in [5.41, 5.74) is 5.67. The summed E-state index contributed by atoms with van der Waals surface area (Å²) in [4.78, 5) is 4.38. The lowest BCUT2D eigenvalue weighted by atomic mass is 9.93. The second kappa shape index (κ2) is 7.02. The van der Waals surface area contributed by atoms with Gasteiger partial charge < -0.3 is 15.2 Å². The van der Waals surface area contributed by atoms with Crippen LogP contribution in [0, 0.1) is 12.7 Å². The fourth-order valence-corrected chi connectivity index (χ4v) is 4.94. The molecule has 2 N–H and O–H groups in total. The molecule has 0 spiro atoms. The number of nitrogens with two attached hydrogens (primary N) is 1. The van der Waals surface area contributed by atoms with Crippen LogP contribution in [0.15, 0.2) is 41.4 Å². The van der Waals surface area contributed by atoms with E-state index in [0.29, 0.717) is 17.2 Å². The molecular formula is C21H25FN2O4S. The van der Waals surface area contributed by atoms with E-state index in [-0.39, 0.29) is 17.2 Å². The van der Waals surface area contributed by atoms with Crippen LogP contribution >= 0.6 is 0 Å². The first-order valence-corrected chi connectivity index (χ1v) is 10.8. The second-order valence-corrected chi connectivity index (χ2v) is 10.5. The fourth-order valence-electron chi connectivity index (χ4n) is 3.25. The van der Waals surface area contributed by atoms with Gasteiger partial charge in [-0.05, 0) is 63.6 Å². The van der Waals surface area contributed by atoms with E-state index >= 15 is 0 Å². The van der Waals surface area contributed by atoms with Crippen LogP contribution in [0.3, 0.4) is 0 Å². The Bertz CT molecular complexity index is 1100. The highest BCUT2D eigenvalue weighted by Crippen LogP contribution is 2.40. The van der Waals surface area contributed by atoms with Crippen molar-refractivity contribution in [3.05, 3.63) is 53.3 Å². The van der Waals surface area contributed by atoms with Crippen molar-refractivity contribution in [2.24, 2.45) is 10.7 Å². The lowest BCUT2D eigenvalue weighted by Gasteiger charge is -2.38. The number of hydrogen-bond acceptors (Lipinski definition) is 6. The van der Waals surface area contributed by atoms with Gasteiger partial charge in [0.1, 0.15) is 27.7 Å². The average Bonchev–Trinajstić information content (AvgIpc) is 2.61. The first kappa shape index (κ1) is 21.1. The van der Waals surface area contributed by atoms with Gasteiger partial charge >= 0.3 is 0 Å². The minimum Gasteiger partial charge on any atom is -0.493 e. The highest BCUT2D eigenvalue weighted by Gasteiger charge is 2.49. The Morgan fingerprint density at radius 1 is 1.10 bits per heavy atom. The fraction of sp³-hybridized carbons (Fsp3) is 0.381. The molecule has 1 unspecified atom stereocenters. The first-order valence-electron chi connectivity index (χ1n) is 9.10. The summed E-state index contributed by atoms with van der Waals surface area (Å²) in [5.74, 6) is 0.344. The summed E-state index contributed by atoms with van der Waals surface area (Å²) in [7, 11) is -2.13. The molecule has 0 aliphatic carbocycles. The van der Waals surface area contributed by atoms with E-state index in [4.69, 9.17) is 15.2 Å². The SMILES string of the molecule is COc1ccc(C)cc1Oc1ccc(F)c(C2(C)CS(=O)(=O)C(C)(C)C(N)=N2)c1. The number of rotatable bonds is 4. The van der Waals surface area contributed by atoms with Gasteiger partial charge in [0.2, 0.25) is 0 Å². The van der Waals surface area contributed by atoms with Gasteiger partial charge in [0.05, 0.1) is 12.9 Å². The number of ether oxygens (including phenoxy) is 2. The second-order valence-electron chi connectivity index (χ2n) is 7.94. The lowest BCUT2D eigenvalue weighted by molar-refractivity contribution is 0.377. The molecule has 8 heteroatoms. The number of amidine groups is 1. The van der Waals surface area contributed by atoms with Gasteiger partial charge in [-0.25, -0.2) is 12.8 Å². The molecule has 1 aliphatic heterocycles. The molecule has 1 atom stereocenters. The maximum Gasteiger partial charge on any atom is 0.169 e. The molecule has 3 rings (SSSR count). The van der Waals surface area contributed by atoms with Crippen molar-refractivity contribution in [2.45, 2.75) is 38.0 Å². The molecule has 1 heterocycles. The zero-order valence-electron chi connectivity index (χ0n) is 17.1. The third kappa shape index (κ3) is 3.69. The highest BCUT2D eigenvalue weighted by atomic mass is 32.2. The molecule has 2 aromatic rings. The van der Waals surface area contributed by atoms with Gasteiger partial charge in [-0.15, -0.1) is 0 Å². The zero-order valence-corrected chi connectivity index (χ0v) is 17.9. The molecule has 6 nitrogen and oxygen atoms in total. The zero-order chi connectivity index (χ0) is 21.6. The molecule has 0 fully saturated rings. The molecular weight excluding hydrogens is 395 g/mol. The van der Waals surface area contributed by atoms with E-state index in [9.17, 15) is 12.8 Å². The van der Waals surface area contributed by atoms with Gasteiger partial charge in [-0.2, -0.15) is 0 Å².